The van der Waals surface area contributed by atoms with Gasteiger partial charge in [0.15, 0.2) is 0 Å². The van der Waals surface area contributed by atoms with Crippen LogP contribution in [0.5, 0.6) is 0 Å². The van der Waals surface area contributed by atoms with Crippen LogP contribution in [0.1, 0.15) is 5.56 Å². The maximum Gasteiger partial charge on any atom is 0.0722 e. The fourth-order valence-corrected chi connectivity index (χ4v) is 3.75. The lowest BCUT2D eigenvalue weighted by Gasteiger charge is -2.06. The molecular weight excluding hydrogens is 270 g/mol. The monoisotopic (exact) mass is 280 g/mol. The van der Waals surface area contributed by atoms with E-state index in [1.165, 1.54) is 32.3 Å². The van der Waals surface area contributed by atoms with E-state index in [4.69, 9.17) is 4.99 Å². The predicted octanol–water partition coefficient (Wildman–Crippen LogP) is 1.84. The molecule has 1 aliphatic carbocycles. The van der Waals surface area contributed by atoms with Crippen molar-refractivity contribution < 1.29 is 0 Å². The van der Waals surface area contributed by atoms with Gasteiger partial charge in [-0.3, -0.25) is 0 Å². The molecule has 3 radical (unpaired) electrons. The highest BCUT2D eigenvalue weighted by atomic mass is 28.1. The van der Waals surface area contributed by atoms with Crippen LogP contribution >= 0.6 is 0 Å². The molecule has 3 aromatic carbocycles. The zero-order valence-corrected chi connectivity index (χ0v) is 12.2. The van der Waals surface area contributed by atoms with Crippen molar-refractivity contribution in [3.63, 3.8) is 0 Å². The van der Waals surface area contributed by atoms with Crippen LogP contribution in [0.25, 0.3) is 17.2 Å². The SMILES string of the molecule is [Si]c1cccc2c1-c1c3c(ccc1=N2)=c1ccccc1=C3. The third-order valence-corrected chi connectivity index (χ3v) is 4.72. The molecule has 0 spiro atoms. The summed E-state index contributed by atoms with van der Waals surface area (Å²) in [6, 6.07) is 19.1. The molecule has 0 fully saturated rings. The second-order valence-corrected chi connectivity index (χ2v) is 6.00. The van der Waals surface area contributed by atoms with Gasteiger partial charge in [0, 0.05) is 11.1 Å². The van der Waals surface area contributed by atoms with E-state index >= 15 is 0 Å². The molecule has 0 atom stereocenters. The minimum atomic E-state index is 1.05. The third-order valence-electron chi connectivity index (χ3n) is 4.31. The lowest BCUT2D eigenvalue weighted by atomic mass is 9.99. The van der Waals surface area contributed by atoms with Crippen LogP contribution in [0, 0.1) is 10.4 Å². The molecule has 1 aliphatic heterocycles. The van der Waals surface area contributed by atoms with Gasteiger partial charge in [-0.1, -0.05) is 47.7 Å². The predicted molar refractivity (Wildman–Crippen MR) is 85.4 cm³/mol. The molecule has 3 aromatic rings. The van der Waals surface area contributed by atoms with Crippen molar-refractivity contribution in [1.29, 1.82) is 0 Å². The molecule has 2 heteroatoms. The van der Waals surface area contributed by atoms with E-state index in [9.17, 15) is 0 Å². The lowest BCUT2D eigenvalue weighted by Crippen LogP contribution is -2.10. The van der Waals surface area contributed by atoms with Gasteiger partial charge in [0.2, 0.25) is 0 Å². The second kappa shape index (κ2) is 3.80. The van der Waals surface area contributed by atoms with Gasteiger partial charge in [0.1, 0.15) is 0 Å². The second-order valence-electron chi connectivity index (χ2n) is 5.46. The summed E-state index contributed by atoms with van der Waals surface area (Å²) in [5.74, 6) is 0. The van der Waals surface area contributed by atoms with Crippen molar-refractivity contribution in [2.45, 2.75) is 0 Å². The van der Waals surface area contributed by atoms with Crippen LogP contribution in [0.3, 0.4) is 0 Å². The van der Waals surface area contributed by atoms with Crippen molar-refractivity contribution >= 4 is 27.2 Å². The molecule has 2 aliphatic rings. The van der Waals surface area contributed by atoms with Gasteiger partial charge in [-0.15, -0.1) is 0 Å². The van der Waals surface area contributed by atoms with Gasteiger partial charge in [0.25, 0.3) is 0 Å². The molecule has 5 rings (SSSR count). The highest BCUT2D eigenvalue weighted by Crippen LogP contribution is 2.34. The smallest absolute Gasteiger partial charge is 0.0722 e. The fourth-order valence-electron chi connectivity index (χ4n) is 3.40. The Morgan fingerprint density at radius 3 is 2.62 bits per heavy atom. The first-order valence-electron chi connectivity index (χ1n) is 7.01. The number of benzene rings is 3. The zero-order chi connectivity index (χ0) is 14.0. The summed E-state index contributed by atoms with van der Waals surface area (Å²) in [6.07, 6.45) is 2.28. The highest BCUT2D eigenvalue weighted by molar-refractivity contribution is 6.37. The molecule has 0 saturated heterocycles. The van der Waals surface area contributed by atoms with Crippen LogP contribution in [0.2, 0.25) is 0 Å². The summed E-state index contributed by atoms with van der Waals surface area (Å²) in [4.78, 5) is 4.77. The van der Waals surface area contributed by atoms with Gasteiger partial charge < -0.3 is 0 Å². The summed E-state index contributed by atoms with van der Waals surface area (Å²) in [7, 11) is 3.74. The maximum atomic E-state index is 4.77. The Morgan fingerprint density at radius 1 is 0.762 bits per heavy atom. The van der Waals surface area contributed by atoms with Gasteiger partial charge in [-0.25, -0.2) is 4.99 Å². The zero-order valence-electron chi connectivity index (χ0n) is 11.2. The number of rotatable bonds is 0. The van der Waals surface area contributed by atoms with E-state index in [0.29, 0.717) is 0 Å². The first-order valence-corrected chi connectivity index (χ1v) is 7.51. The van der Waals surface area contributed by atoms with Crippen molar-refractivity contribution in [2.24, 2.45) is 4.99 Å². The summed E-state index contributed by atoms with van der Waals surface area (Å²) in [5, 5.41) is 6.09. The van der Waals surface area contributed by atoms with Crippen molar-refractivity contribution in [1.82, 2.24) is 0 Å². The van der Waals surface area contributed by atoms with Crippen LogP contribution in [-0.4, -0.2) is 10.2 Å². The van der Waals surface area contributed by atoms with E-state index < -0.39 is 0 Å². The van der Waals surface area contributed by atoms with Crippen LogP contribution in [-0.2, 0) is 0 Å². The Balaban J connectivity index is 2.03. The summed E-state index contributed by atoms with van der Waals surface area (Å²) in [6.45, 7) is 0. The first kappa shape index (κ1) is 11.2. The molecule has 0 amide bonds. The molecule has 95 valence electrons. The topological polar surface area (TPSA) is 12.4 Å². The Labute approximate surface area is 125 Å². The molecule has 0 bridgehead atoms. The minimum absolute atomic E-state index is 1.05. The average Bonchev–Trinajstić information content (AvgIpc) is 3.05. The Hall–Kier alpha value is -2.45. The first-order chi connectivity index (χ1) is 10.3. The molecule has 0 aromatic heterocycles. The molecule has 1 nitrogen and oxygen atoms in total. The number of nitrogens with zero attached hydrogens (tertiary/aromatic N) is 1. The summed E-state index contributed by atoms with van der Waals surface area (Å²) < 4.78 is 0. The maximum absolute atomic E-state index is 4.77. The van der Waals surface area contributed by atoms with Crippen molar-refractivity contribution in [3.05, 3.63) is 81.2 Å². The Kier molecular flexibility index (Phi) is 2.03. The van der Waals surface area contributed by atoms with Crippen LogP contribution in [0.4, 0.5) is 5.69 Å². The fraction of sp³-hybridized carbons (Fsp3) is 0. The lowest BCUT2D eigenvalue weighted by molar-refractivity contribution is 1.39. The Bertz CT molecular complexity index is 1140. The number of fused-ring (bicyclic) bond motifs is 6. The number of hydrogen-bond donors (Lipinski definition) is 0. The molecule has 1 heterocycles. The van der Waals surface area contributed by atoms with Crippen molar-refractivity contribution in [2.75, 3.05) is 0 Å². The quantitative estimate of drug-likeness (QED) is 0.384. The summed E-state index contributed by atoms with van der Waals surface area (Å²) in [5.41, 5.74) is 4.81. The molecule has 0 unspecified atom stereocenters. The number of hydrogen-bond acceptors (Lipinski definition) is 1. The van der Waals surface area contributed by atoms with E-state index in [1.807, 2.05) is 6.07 Å². The third kappa shape index (κ3) is 1.37. The van der Waals surface area contributed by atoms with E-state index in [1.54, 1.807) is 0 Å². The molecular formula is C19H10NSi. The van der Waals surface area contributed by atoms with Gasteiger partial charge in [-0.05, 0) is 39.4 Å². The highest BCUT2D eigenvalue weighted by Gasteiger charge is 2.20. The molecule has 0 N–H and O–H groups in total. The Morgan fingerprint density at radius 2 is 1.67 bits per heavy atom. The normalized spacial score (nSPS) is 12.8. The van der Waals surface area contributed by atoms with Crippen LogP contribution in [0.15, 0.2) is 59.6 Å². The minimum Gasteiger partial charge on any atom is -0.248 e. The molecule has 0 saturated carbocycles. The van der Waals surface area contributed by atoms with Gasteiger partial charge in [0.05, 0.1) is 21.3 Å². The van der Waals surface area contributed by atoms with Gasteiger partial charge in [-0.2, -0.15) is 0 Å². The van der Waals surface area contributed by atoms with E-state index in [-0.39, 0.29) is 0 Å². The average molecular weight is 280 g/mol. The largest absolute Gasteiger partial charge is 0.248 e. The van der Waals surface area contributed by atoms with Gasteiger partial charge >= 0.3 is 0 Å². The van der Waals surface area contributed by atoms with E-state index in [2.05, 4.69) is 64.8 Å². The molecule has 21 heavy (non-hydrogen) atoms. The summed E-state index contributed by atoms with van der Waals surface area (Å²) >= 11 is 0. The van der Waals surface area contributed by atoms with E-state index in [0.717, 1.165) is 16.2 Å². The standard InChI is InChI=1S/C19H10NSi/c21-17-7-3-6-15-19(17)18-14-10-11-4-1-2-5-12(11)13(14)8-9-16(18)20-15/h1-10H. The van der Waals surface area contributed by atoms with Crippen molar-refractivity contribution in [3.8, 4) is 11.1 Å². The van der Waals surface area contributed by atoms with Crippen LogP contribution < -0.4 is 15.8 Å².